The molecule has 0 bridgehead atoms. The van der Waals surface area contributed by atoms with Gasteiger partial charge in [0.1, 0.15) is 17.1 Å². The number of nitrogens with one attached hydrogen (secondary N) is 2. The molecule has 0 atom stereocenters. The Morgan fingerprint density at radius 3 is 2.47 bits per heavy atom. The maximum absolute atomic E-state index is 11.3. The second-order valence-electron chi connectivity index (χ2n) is 3.49. The molecule has 1 heterocycles. The highest BCUT2D eigenvalue weighted by Crippen LogP contribution is 2.15. The van der Waals surface area contributed by atoms with Crippen molar-refractivity contribution in [1.29, 1.82) is 0 Å². The predicted molar refractivity (Wildman–Crippen MR) is 63.0 cm³/mol. The fraction of sp³-hybridized carbons (Fsp3) is 0.273. The Hall–Kier alpha value is -2.08. The Morgan fingerprint density at radius 1 is 1.18 bits per heavy atom. The van der Waals surface area contributed by atoms with Gasteiger partial charge < -0.3 is 20.2 Å². The minimum atomic E-state index is -0.555. The van der Waals surface area contributed by atoms with Crippen LogP contribution >= 0.6 is 0 Å². The summed E-state index contributed by atoms with van der Waals surface area (Å²) in [5.74, 6) is 0.672. The molecule has 2 aromatic rings. The average molecular weight is 236 g/mol. The summed E-state index contributed by atoms with van der Waals surface area (Å²) in [6.45, 7) is 0.475. The molecule has 0 saturated carbocycles. The molecule has 2 rings (SSSR count). The average Bonchev–Trinajstić information content (AvgIpc) is 2.85. The normalized spacial score (nSPS) is 10.6. The highest BCUT2D eigenvalue weighted by molar-refractivity contribution is 5.73. The smallest absolute Gasteiger partial charge is 0.253 e. The van der Waals surface area contributed by atoms with Gasteiger partial charge in [-0.2, -0.15) is 0 Å². The molecule has 6 nitrogen and oxygen atoms in total. The van der Waals surface area contributed by atoms with Crippen molar-refractivity contribution in [2.75, 3.05) is 23.8 Å². The van der Waals surface area contributed by atoms with Crippen molar-refractivity contribution in [3.63, 3.8) is 0 Å². The van der Waals surface area contributed by atoms with Gasteiger partial charge in [-0.05, 0) is 12.1 Å². The zero-order valence-corrected chi connectivity index (χ0v) is 9.03. The third kappa shape index (κ3) is 2.21. The van der Waals surface area contributed by atoms with Crippen LogP contribution in [0.4, 0.5) is 11.4 Å². The van der Waals surface area contributed by atoms with E-state index in [0.717, 1.165) is 0 Å². The molecule has 0 fully saturated rings. The summed E-state index contributed by atoms with van der Waals surface area (Å²) in [5, 5.41) is 14.2. The highest BCUT2D eigenvalue weighted by atomic mass is 16.3. The maximum atomic E-state index is 11.3. The monoisotopic (exact) mass is 236 g/mol. The van der Waals surface area contributed by atoms with Crippen molar-refractivity contribution < 1.29 is 9.52 Å². The minimum absolute atomic E-state index is 0.101. The molecule has 0 saturated heterocycles. The molecule has 0 amide bonds. The number of hydrogen-bond donors (Lipinski definition) is 3. The van der Waals surface area contributed by atoms with Crippen molar-refractivity contribution in [2.45, 2.75) is 6.54 Å². The molecule has 3 N–H and O–H groups in total. The number of rotatable bonds is 6. The summed E-state index contributed by atoms with van der Waals surface area (Å²) in [6.07, 6.45) is 1.53. The third-order valence-electron chi connectivity index (χ3n) is 2.34. The molecule has 6 heteroatoms. The lowest BCUT2D eigenvalue weighted by Gasteiger charge is -2.13. The quantitative estimate of drug-likeness (QED) is 0.606. The predicted octanol–water partition coefficient (Wildman–Crippen LogP) is -0.108. The Kier molecular flexibility index (Phi) is 3.24. The molecule has 0 spiro atoms. The van der Waals surface area contributed by atoms with Gasteiger partial charge in [0.05, 0.1) is 19.4 Å². The first-order chi connectivity index (χ1) is 8.24. The van der Waals surface area contributed by atoms with Crippen LogP contribution in [0, 0.1) is 0 Å². The van der Waals surface area contributed by atoms with Crippen molar-refractivity contribution >= 4 is 11.4 Å². The van der Waals surface area contributed by atoms with E-state index in [1.54, 1.807) is 12.1 Å². The Morgan fingerprint density at radius 2 is 1.88 bits per heavy atom. The van der Waals surface area contributed by atoms with Crippen LogP contribution in [0.1, 0.15) is 5.76 Å². The zero-order valence-electron chi connectivity index (χ0n) is 9.03. The van der Waals surface area contributed by atoms with Gasteiger partial charge in [-0.3, -0.25) is 9.59 Å². The van der Waals surface area contributed by atoms with E-state index in [1.807, 2.05) is 0 Å². The topological polar surface area (TPSA) is 91.6 Å². The van der Waals surface area contributed by atoms with Crippen LogP contribution < -0.4 is 21.5 Å². The summed E-state index contributed by atoms with van der Waals surface area (Å²) in [5.41, 5.74) is -0.618. The largest absolute Gasteiger partial charge is 0.467 e. The summed E-state index contributed by atoms with van der Waals surface area (Å²) < 4.78 is 5.09. The molecular weight excluding hydrogens is 224 g/mol. The van der Waals surface area contributed by atoms with E-state index in [9.17, 15) is 9.59 Å². The van der Waals surface area contributed by atoms with Crippen molar-refractivity contribution in [1.82, 2.24) is 0 Å². The molecule has 0 aliphatic rings. The SMILES string of the molecule is O=c1c(NCCO)c(NCc2ccco2)c1=O. The Balaban J connectivity index is 2.03. The van der Waals surface area contributed by atoms with Crippen LogP contribution in [-0.4, -0.2) is 18.3 Å². The van der Waals surface area contributed by atoms with Crippen LogP contribution in [0.2, 0.25) is 0 Å². The highest BCUT2D eigenvalue weighted by Gasteiger charge is 2.20. The first kappa shape index (κ1) is 11.4. The molecule has 90 valence electrons. The molecule has 17 heavy (non-hydrogen) atoms. The van der Waals surface area contributed by atoms with Gasteiger partial charge in [0.15, 0.2) is 0 Å². The van der Waals surface area contributed by atoms with E-state index in [0.29, 0.717) is 12.3 Å². The van der Waals surface area contributed by atoms with E-state index in [-0.39, 0.29) is 24.5 Å². The molecule has 1 aromatic carbocycles. The van der Waals surface area contributed by atoms with E-state index in [4.69, 9.17) is 9.52 Å². The minimum Gasteiger partial charge on any atom is -0.467 e. The zero-order chi connectivity index (χ0) is 12.3. The lowest BCUT2D eigenvalue weighted by molar-refractivity contribution is 0.311. The maximum Gasteiger partial charge on any atom is 0.253 e. The Labute approximate surface area is 96.6 Å². The first-order valence-corrected chi connectivity index (χ1v) is 5.18. The van der Waals surface area contributed by atoms with Crippen LogP contribution in [0.3, 0.4) is 0 Å². The van der Waals surface area contributed by atoms with Crippen LogP contribution in [0.5, 0.6) is 0 Å². The number of hydrogen-bond acceptors (Lipinski definition) is 6. The molecule has 0 radical (unpaired) electrons. The third-order valence-corrected chi connectivity index (χ3v) is 2.34. The van der Waals surface area contributed by atoms with Crippen molar-refractivity contribution in [3.8, 4) is 0 Å². The fourth-order valence-electron chi connectivity index (χ4n) is 1.50. The van der Waals surface area contributed by atoms with Gasteiger partial charge in [-0.25, -0.2) is 0 Å². The first-order valence-electron chi connectivity index (χ1n) is 5.18. The molecule has 0 unspecified atom stereocenters. The van der Waals surface area contributed by atoms with Gasteiger partial charge in [0, 0.05) is 6.54 Å². The number of furan rings is 1. The summed E-state index contributed by atoms with van der Waals surface area (Å²) in [6, 6.07) is 3.50. The number of aliphatic hydroxyl groups excluding tert-OH is 1. The standard InChI is InChI=1S/C11H12N2O4/c14-4-3-12-8-9(11(16)10(8)15)13-6-7-2-1-5-17-7/h1-2,5,12-14H,3-4,6H2. The van der Waals surface area contributed by atoms with Crippen molar-refractivity contribution in [3.05, 3.63) is 44.6 Å². The van der Waals surface area contributed by atoms with E-state index < -0.39 is 10.9 Å². The van der Waals surface area contributed by atoms with Gasteiger partial charge in [-0.15, -0.1) is 0 Å². The van der Waals surface area contributed by atoms with Crippen LogP contribution in [-0.2, 0) is 6.54 Å². The fourth-order valence-corrected chi connectivity index (χ4v) is 1.50. The summed E-state index contributed by atoms with van der Waals surface area (Å²) in [7, 11) is 0. The summed E-state index contributed by atoms with van der Waals surface area (Å²) in [4.78, 5) is 22.5. The van der Waals surface area contributed by atoms with Crippen molar-refractivity contribution in [2.24, 2.45) is 0 Å². The van der Waals surface area contributed by atoms with Crippen LogP contribution in [0.15, 0.2) is 32.4 Å². The van der Waals surface area contributed by atoms with Gasteiger partial charge >= 0.3 is 0 Å². The second-order valence-corrected chi connectivity index (χ2v) is 3.49. The number of aliphatic hydroxyl groups is 1. The lowest BCUT2D eigenvalue weighted by atomic mass is 10.2. The van der Waals surface area contributed by atoms with Gasteiger partial charge in [0.25, 0.3) is 10.9 Å². The molecule has 1 aromatic heterocycles. The molecule has 0 aliphatic heterocycles. The van der Waals surface area contributed by atoms with E-state index in [2.05, 4.69) is 10.6 Å². The van der Waals surface area contributed by atoms with E-state index in [1.165, 1.54) is 6.26 Å². The van der Waals surface area contributed by atoms with Gasteiger partial charge in [-0.1, -0.05) is 0 Å². The lowest BCUT2D eigenvalue weighted by Crippen LogP contribution is -2.37. The number of anilines is 2. The second kappa shape index (κ2) is 4.84. The molecular formula is C11H12N2O4. The van der Waals surface area contributed by atoms with Gasteiger partial charge in [0.2, 0.25) is 0 Å². The molecule has 0 aliphatic carbocycles. The van der Waals surface area contributed by atoms with E-state index >= 15 is 0 Å². The summed E-state index contributed by atoms with van der Waals surface area (Å²) >= 11 is 0. The Bertz CT molecular complexity index is 552. The van der Waals surface area contributed by atoms with Crippen LogP contribution in [0.25, 0.3) is 0 Å².